The molecule has 2 heterocycles. The molecule has 0 saturated carbocycles. The maximum absolute atomic E-state index is 12.1. The van der Waals surface area contributed by atoms with Gasteiger partial charge in [0.05, 0.1) is 10.9 Å². The second-order valence-corrected chi connectivity index (χ2v) is 6.65. The Hall–Kier alpha value is -1.22. The summed E-state index contributed by atoms with van der Waals surface area (Å²) in [6, 6.07) is 8.22. The topological polar surface area (TPSA) is 32.9 Å². The first-order valence-corrected chi connectivity index (χ1v) is 6.62. The monoisotopic (exact) mass is 245 g/mol. The lowest BCUT2D eigenvalue weighted by atomic mass is 9.77. The SMILES string of the molecule is CC(C)(C)C1C(=O)Sc2[nH]c3ccccc3c21. The third-order valence-electron chi connectivity index (χ3n) is 3.30. The summed E-state index contributed by atoms with van der Waals surface area (Å²) in [6.07, 6.45) is 0. The van der Waals surface area contributed by atoms with Crippen LogP contribution in [0.3, 0.4) is 0 Å². The average molecular weight is 245 g/mol. The first-order chi connectivity index (χ1) is 7.98. The zero-order valence-corrected chi connectivity index (χ0v) is 11.0. The molecule has 1 aliphatic rings. The molecule has 0 amide bonds. The predicted octanol–water partition coefficient (Wildman–Crippen LogP) is 3.93. The fourth-order valence-electron chi connectivity index (χ4n) is 2.57. The summed E-state index contributed by atoms with van der Waals surface area (Å²) < 4.78 is 0. The van der Waals surface area contributed by atoms with E-state index in [9.17, 15) is 4.79 Å². The number of carbonyl (C=O) groups excluding carboxylic acids is 1. The fraction of sp³-hybridized carbons (Fsp3) is 0.357. The van der Waals surface area contributed by atoms with Gasteiger partial charge >= 0.3 is 0 Å². The van der Waals surface area contributed by atoms with Crippen molar-refractivity contribution in [2.24, 2.45) is 5.41 Å². The van der Waals surface area contributed by atoms with E-state index in [4.69, 9.17) is 0 Å². The van der Waals surface area contributed by atoms with Gasteiger partial charge in [0.1, 0.15) is 0 Å². The molecule has 3 heteroatoms. The number of aromatic nitrogens is 1. The van der Waals surface area contributed by atoms with Crippen molar-refractivity contribution in [2.75, 3.05) is 0 Å². The number of para-hydroxylation sites is 1. The molecule has 0 bridgehead atoms. The highest BCUT2D eigenvalue weighted by molar-refractivity contribution is 8.14. The average Bonchev–Trinajstić information content (AvgIpc) is 2.70. The molecule has 0 spiro atoms. The summed E-state index contributed by atoms with van der Waals surface area (Å²) in [7, 11) is 0. The molecule has 1 N–H and O–H groups in total. The summed E-state index contributed by atoms with van der Waals surface area (Å²) in [5.41, 5.74) is 2.30. The van der Waals surface area contributed by atoms with E-state index >= 15 is 0 Å². The second kappa shape index (κ2) is 3.39. The number of hydrogen-bond donors (Lipinski definition) is 1. The Labute approximate surface area is 105 Å². The van der Waals surface area contributed by atoms with Crippen molar-refractivity contribution in [3.05, 3.63) is 29.8 Å². The van der Waals surface area contributed by atoms with Gasteiger partial charge in [0.2, 0.25) is 5.12 Å². The summed E-state index contributed by atoms with van der Waals surface area (Å²) in [6.45, 7) is 6.40. The van der Waals surface area contributed by atoms with Gasteiger partial charge in [0.25, 0.3) is 0 Å². The Kier molecular flexibility index (Phi) is 2.17. The maximum atomic E-state index is 12.1. The molecule has 0 fully saturated rings. The summed E-state index contributed by atoms with van der Waals surface area (Å²) in [4.78, 5) is 15.5. The van der Waals surface area contributed by atoms with Crippen LogP contribution in [0.2, 0.25) is 0 Å². The van der Waals surface area contributed by atoms with Crippen LogP contribution in [0.25, 0.3) is 10.9 Å². The molecule has 1 aliphatic heterocycles. The van der Waals surface area contributed by atoms with E-state index in [-0.39, 0.29) is 16.4 Å². The molecule has 0 saturated heterocycles. The first kappa shape index (κ1) is 10.9. The highest BCUT2D eigenvalue weighted by Gasteiger charge is 2.42. The molecule has 1 aromatic heterocycles. The number of H-pyrrole nitrogens is 1. The van der Waals surface area contributed by atoms with E-state index < -0.39 is 0 Å². The number of thioether (sulfide) groups is 1. The maximum Gasteiger partial charge on any atom is 0.203 e. The zero-order chi connectivity index (χ0) is 12.2. The van der Waals surface area contributed by atoms with Crippen LogP contribution in [-0.2, 0) is 4.79 Å². The number of hydrogen-bond acceptors (Lipinski definition) is 2. The van der Waals surface area contributed by atoms with Crippen LogP contribution in [0.1, 0.15) is 32.3 Å². The Balaban J connectivity index is 2.29. The quantitative estimate of drug-likeness (QED) is 0.762. The van der Waals surface area contributed by atoms with Crippen LogP contribution in [0.5, 0.6) is 0 Å². The van der Waals surface area contributed by atoms with E-state index in [0.717, 1.165) is 10.5 Å². The van der Waals surface area contributed by atoms with E-state index in [1.165, 1.54) is 22.7 Å². The van der Waals surface area contributed by atoms with Gasteiger partial charge in [-0.25, -0.2) is 0 Å². The lowest BCUT2D eigenvalue weighted by Gasteiger charge is -2.25. The number of nitrogens with one attached hydrogen (secondary N) is 1. The number of carbonyl (C=O) groups is 1. The van der Waals surface area contributed by atoms with E-state index in [0.29, 0.717) is 0 Å². The van der Waals surface area contributed by atoms with E-state index in [1.807, 2.05) is 12.1 Å². The summed E-state index contributed by atoms with van der Waals surface area (Å²) in [5.74, 6) is -0.00125. The Morgan fingerprint density at radius 3 is 2.65 bits per heavy atom. The van der Waals surface area contributed by atoms with Crippen molar-refractivity contribution in [1.82, 2.24) is 4.98 Å². The van der Waals surface area contributed by atoms with E-state index in [1.54, 1.807) is 0 Å². The van der Waals surface area contributed by atoms with Crippen LogP contribution in [-0.4, -0.2) is 10.1 Å². The summed E-state index contributed by atoms with van der Waals surface area (Å²) >= 11 is 1.36. The van der Waals surface area contributed by atoms with Crippen molar-refractivity contribution in [2.45, 2.75) is 31.7 Å². The van der Waals surface area contributed by atoms with Crippen LogP contribution in [0.15, 0.2) is 29.3 Å². The minimum atomic E-state index is -0.0275. The molecule has 1 aromatic carbocycles. The standard InChI is InChI=1S/C14H15NOS/c1-14(2,3)11-10-8-6-4-5-7-9(8)15-12(10)17-13(11)16/h4-7,11,15H,1-3H3. The van der Waals surface area contributed by atoms with Crippen LogP contribution < -0.4 is 0 Å². The van der Waals surface area contributed by atoms with Gasteiger partial charge < -0.3 is 4.98 Å². The smallest absolute Gasteiger partial charge is 0.203 e. The molecule has 1 atom stereocenters. The molecule has 1 unspecified atom stereocenters. The number of rotatable bonds is 0. The van der Waals surface area contributed by atoms with Crippen molar-refractivity contribution < 1.29 is 4.79 Å². The molecule has 0 radical (unpaired) electrons. The van der Waals surface area contributed by atoms with Crippen molar-refractivity contribution in [1.29, 1.82) is 0 Å². The largest absolute Gasteiger partial charge is 0.349 e. The van der Waals surface area contributed by atoms with Gasteiger partial charge in [-0.1, -0.05) is 39.0 Å². The molecular weight excluding hydrogens is 230 g/mol. The Bertz CT molecular complexity index is 606. The zero-order valence-electron chi connectivity index (χ0n) is 10.2. The number of fused-ring (bicyclic) bond motifs is 3. The van der Waals surface area contributed by atoms with E-state index in [2.05, 4.69) is 37.9 Å². The molecule has 3 rings (SSSR count). The lowest BCUT2D eigenvalue weighted by Crippen LogP contribution is -2.21. The Morgan fingerprint density at radius 2 is 1.94 bits per heavy atom. The second-order valence-electron chi connectivity index (χ2n) is 5.63. The van der Waals surface area contributed by atoms with Gasteiger partial charge in [-0.2, -0.15) is 0 Å². The minimum absolute atomic E-state index is 0.00125. The Morgan fingerprint density at radius 1 is 1.24 bits per heavy atom. The third-order valence-corrected chi connectivity index (χ3v) is 4.27. The van der Waals surface area contributed by atoms with Crippen LogP contribution in [0, 0.1) is 5.41 Å². The molecular formula is C14H15NOS. The molecule has 2 nitrogen and oxygen atoms in total. The summed E-state index contributed by atoms with van der Waals surface area (Å²) in [5, 5.41) is 2.50. The highest BCUT2D eigenvalue weighted by Crippen LogP contribution is 2.51. The third kappa shape index (κ3) is 1.53. The highest BCUT2D eigenvalue weighted by atomic mass is 32.2. The molecule has 2 aromatic rings. The van der Waals surface area contributed by atoms with Gasteiger partial charge in [0.15, 0.2) is 0 Å². The number of aromatic amines is 1. The molecule has 17 heavy (non-hydrogen) atoms. The molecule has 0 aliphatic carbocycles. The normalized spacial score (nSPS) is 19.9. The van der Waals surface area contributed by atoms with Gasteiger partial charge in [-0.3, -0.25) is 4.79 Å². The predicted molar refractivity (Wildman–Crippen MR) is 71.4 cm³/mol. The molecule has 88 valence electrons. The van der Waals surface area contributed by atoms with Gasteiger partial charge in [-0.05, 0) is 23.2 Å². The minimum Gasteiger partial charge on any atom is -0.349 e. The van der Waals surface area contributed by atoms with Crippen molar-refractivity contribution >= 4 is 27.8 Å². The van der Waals surface area contributed by atoms with Gasteiger partial charge in [-0.15, -0.1) is 0 Å². The van der Waals surface area contributed by atoms with Crippen LogP contribution >= 0.6 is 11.8 Å². The van der Waals surface area contributed by atoms with Gasteiger partial charge in [0, 0.05) is 16.5 Å². The number of benzene rings is 1. The lowest BCUT2D eigenvalue weighted by molar-refractivity contribution is -0.113. The first-order valence-electron chi connectivity index (χ1n) is 5.81. The van der Waals surface area contributed by atoms with Crippen molar-refractivity contribution in [3.8, 4) is 0 Å². The van der Waals surface area contributed by atoms with Crippen molar-refractivity contribution in [3.63, 3.8) is 0 Å². The fourth-order valence-corrected chi connectivity index (χ4v) is 3.86. The van der Waals surface area contributed by atoms with Crippen LogP contribution in [0.4, 0.5) is 0 Å².